The van der Waals surface area contributed by atoms with Gasteiger partial charge in [0.25, 0.3) is 0 Å². The number of aliphatic hydroxyl groups is 3. The largest absolute Gasteiger partial charge is 0.511 e. The van der Waals surface area contributed by atoms with Crippen LogP contribution in [0.4, 0.5) is 28.3 Å². The van der Waals surface area contributed by atoms with Gasteiger partial charge in [0.2, 0.25) is 23.8 Å². The molecule has 0 fully saturated rings. The first kappa shape index (κ1) is 62.3. The lowest BCUT2D eigenvalue weighted by atomic mass is 9.63. The summed E-state index contributed by atoms with van der Waals surface area (Å²) >= 11 is 0. The fourth-order valence-electron chi connectivity index (χ4n) is 9.31. The van der Waals surface area contributed by atoms with Crippen molar-refractivity contribution < 1.29 is 64.5 Å². The van der Waals surface area contributed by atoms with Crippen LogP contribution in [0.15, 0.2) is 59.8 Å². The molecule has 5 atom stereocenters. The van der Waals surface area contributed by atoms with Gasteiger partial charge in [-0.25, -0.2) is 14.4 Å². The number of hydrogen-bond acceptors (Lipinski definition) is 19. The van der Waals surface area contributed by atoms with Crippen molar-refractivity contribution in [3.8, 4) is 0 Å². The summed E-state index contributed by atoms with van der Waals surface area (Å²) in [5.41, 5.74) is -0.970. The molecule has 3 heterocycles. The van der Waals surface area contributed by atoms with E-state index in [1.807, 2.05) is 81.5 Å². The summed E-state index contributed by atoms with van der Waals surface area (Å²) in [6.07, 6.45) is 9.03. The second-order valence-electron chi connectivity index (χ2n) is 20.2. The van der Waals surface area contributed by atoms with Crippen molar-refractivity contribution in [3.05, 3.63) is 65.3 Å². The number of carbonyl (C=O) groups excluding carboxylic acids is 2. The zero-order valence-corrected chi connectivity index (χ0v) is 44.9. The van der Waals surface area contributed by atoms with Crippen LogP contribution in [0.25, 0.3) is 0 Å². The first-order valence-electron chi connectivity index (χ1n) is 25.7. The van der Waals surface area contributed by atoms with Crippen LogP contribution in [0.2, 0.25) is 0 Å². The highest BCUT2D eigenvalue weighted by molar-refractivity contribution is 5.87. The number of urea groups is 1. The van der Waals surface area contributed by atoms with Crippen LogP contribution in [-0.4, -0.2) is 212 Å². The molecule has 0 radical (unpaired) electrons. The van der Waals surface area contributed by atoms with Crippen LogP contribution >= 0.6 is 0 Å². The molecule has 2 aliphatic heterocycles. The van der Waals surface area contributed by atoms with E-state index in [2.05, 4.69) is 41.5 Å². The lowest BCUT2D eigenvalue weighted by molar-refractivity contribution is -0.142. The van der Waals surface area contributed by atoms with Gasteiger partial charge in [-0.3, -0.25) is 24.2 Å². The van der Waals surface area contributed by atoms with Crippen LogP contribution in [-0.2, 0) is 30.4 Å². The normalized spacial score (nSPS) is 20.8. The van der Waals surface area contributed by atoms with E-state index < -0.39 is 77.7 Å². The third-order valence-electron chi connectivity index (χ3n) is 13.3. The zero-order chi connectivity index (χ0) is 56.9. The number of carboxylic acid groups (broad SMARTS) is 4. The minimum absolute atomic E-state index is 0.0114. The Morgan fingerprint density at radius 1 is 0.779 bits per heavy atom. The Balaban J connectivity index is 1.31. The van der Waals surface area contributed by atoms with E-state index in [4.69, 9.17) is 5.11 Å². The van der Waals surface area contributed by atoms with E-state index >= 15 is 0 Å². The summed E-state index contributed by atoms with van der Waals surface area (Å²) in [7, 11) is 9.10. The quantitative estimate of drug-likeness (QED) is 0.0395. The molecular formula is C51H79N13O13. The van der Waals surface area contributed by atoms with Crippen molar-refractivity contribution >= 4 is 59.3 Å². The van der Waals surface area contributed by atoms with Gasteiger partial charge in [0, 0.05) is 64.8 Å². The fraction of sp³-hybridized carbons (Fsp3) is 0.588. The Hall–Kier alpha value is -7.29. The number of aliphatic hydroxyl groups excluding tert-OH is 3. The number of nitrogens with one attached hydrogen (secondary N) is 6. The Labute approximate surface area is 448 Å². The number of hydrogen-bond donors (Lipinski definition) is 13. The molecule has 426 valence electrons. The molecule has 1 aromatic heterocycles. The maximum Gasteiger partial charge on any atom is 0.326 e. The molecule has 13 N–H and O–H groups in total. The lowest BCUT2D eigenvalue weighted by Crippen LogP contribution is -2.68. The minimum Gasteiger partial charge on any atom is -0.511 e. The van der Waals surface area contributed by atoms with Crippen molar-refractivity contribution in [1.29, 1.82) is 0 Å². The number of amides is 3. The Kier molecular flexibility index (Phi) is 24.1. The van der Waals surface area contributed by atoms with Gasteiger partial charge in [0.15, 0.2) is 0 Å². The van der Waals surface area contributed by atoms with Crippen LogP contribution < -0.4 is 36.8 Å². The molecule has 77 heavy (non-hydrogen) atoms. The van der Waals surface area contributed by atoms with Gasteiger partial charge >= 0.3 is 29.9 Å². The summed E-state index contributed by atoms with van der Waals surface area (Å²) in [5, 5.41) is 88.9. The smallest absolute Gasteiger partial charge is 0.326 e. The number of carboxylic acids is 4. The minimum atomic E-state index is -1.54. The first-order chi connectivity index (χ1) is 36.4. The number of fused-ring (bicyclic) bond motifs is 1. The first-order valence-corrected chi connectivity index (χ1v) is 25.7. The van der Waals surface area contributed by atoms with Crippen LogP contribution in [0.5, 0.6) is 0 Å². The fourth-order valence-corrected chi connectivity index (χ4v) is 9.31. The van der Waals surface area contributed by atoms with Gasteiger partial charge in [0.05, 0.1) is 37.1 Å². The van der Waals surface area contributed by atoms with Gasteiger partial charge in [-0.05, 0) is 96.1 Å². The Morgan fingerprint density at radius 2 is 1.38 bits per heavy atom. The Morgan fingerprint density at radius 3 is 1.97 bits per heavy atom. The molecule has 2 aliphatic rings. The monoisotopic (exact) mass is 1080 g/mol. The van der Waals surface area contributed by atoms with Crippen molar-refractivity contribution in [1.82, 2.24) is 50.9 Å². The number of rotatable bonds is 30. The lowest BCUT2D eigenvalue weighted by Gasteiger charge is -2.54. The molecule has 0 saturated carbocycles. The number of anilines is 4. The molecule has 26 nitrogen and oxygen atoms in total. The average molecular weight is 1080 g/mol. The van der Waals surface area contributed by atoms with Gasteiger partial charge in [-0.2, -0.15) is 15.0 Å². The highest BCUT2D eigenvalue weighted by atomic mass is 16.4. The molecule has 26 heteroatoms. The van der Waals surface area contributed by atoms with Crippen LogP contribution in [0, 0.1) is 5.41 Å². The SMILES string of the molecule is CN(C)C/C(O)=C\[C@@]12C=C(O)CNC(Cc3ccc(Nc4nc(NCCCCCCCCNC(=O)CC[C@H](NC(=O)N[C@@H](CCC(=O)O)C(=O)O)C(=O)O)nc(N(C)C)n4)cc3)C1(C)N(CC(=O)O)CCN(C)C/C(O)=C\2. The third-order valence-corrected chi connectivity index (χ3v) is 13.3. The van der Waals surface area contributed by atoms with Crippen LogP contribution in [0.3, 0.4) is 0 Å². The summed E-state index contributed by atoms with van der Waals surface area (Å²) in [6.45, 7) is 3.71. The number of nitrogens with zero attached hydrogens (tertiary/aromatic N) is 7. The average Bonchev–Trinajstić information content (AvgIpc) is 3.41. The maximum atomic E-state index is 12.6. The second kappa shape index (κ2) is 29.9. The maximum absolute atomic E-state index is 12.6. The van der Waals surface area contributed by atoms with E-state index in [1.165, 1.54) is 0 Å². The van der Waals surface area contributed by atoms with Crippen molar-refractivity contribution in [2.45, 2.75) is 101 Å². The molecule has 1 aromatic carbocycles. The summed E-state index contributed by atoms with van der Waals surface area (Å²) in [5.74, 6) is -4.49. The molecule has 3 amide bonds. The predicted molar refractivity (Wildman–Crippen MR) is 287 cm³/mol. The predicted octanol–water partition coefficient (Wildman–Crippen LogP) is 2.88. The molecule has 0 spiro atoms. The van der Waals surface area contributed by atoms with E-state index in [0.29, 0.717) is 62.6 Å². The zero-order valence-electron chi connectivity index (χ0n) is 44.9. The number of unbranched alkanes of at least 4 members (excludes halogenated alkanes) is 5. The number of carbonyl (C=O) groups is 6. The topological polar surface area (TPSA) is 368 Å². The van der Waals surface area contributed by atoms with Crippen molar-refractivity contribution in [2.24, 2.45) is 5.41 Å². The molecule has 2 unspecified atom stereocenters. The third kappa shape index (κ3) is 20.0. The number of aromatic nitrogens is 3. The summed E-state index contributed by atoms with van der Waals surface area (Å²) in [6, 6.07) is 3.01. The van der Waals surface area contributed by atoms with Crippen LogP contribution in [0.1, 0.15) is 76.7 Å². The van der Waals surface area contributed by atoms with Gasteiger partial charge < -0.3 is 77.4 Å². The molecule has 4 rings (SSSR count). The van der Waals surface area contributed by atoms with E-state index in [-0.39, 0.29) is 56.3 Å². The highest BCUT2D eigenvalue weighted by Crippen LogP contribution is 2.47. The van der Waals surface area contributed by atoms with E-state index in [1.54, 1.807) is 28.0 Å². The van der Waals surface area contributed by atoms with Crippen molar-refractivity contribution in [2.75, 3.05) is 103 Å². The van der Waals surface area contributed by atoms with Gasteiger partial charge in [-0.15, -0.1) is 0 Å². The molecule has 2 aromatic rings. The number of aliphatic carboxylic acids is 4. The molecule has 0 aliphatic carbocycles. The van der Waals surface area contributed by atoms with Gasteiger partial charge in [0.1, 0.15) is 29.4 Å². The van der Waals surface area contributed by atoms with E-state index in [9.17, 15) is 59.4 Å². The highest BCUT2D eigenvalue weighted by Gasteiger charge is 2.55. The molecular weight excluding hydrogens is 1000 g/mol. The summed E-state index contributed by atoms with van der Waals surface area (Å²) < 4.78 is 0. The molecule has 0 bridgehead atoms. The van der Waals surface area contributed by atoms with E-state index in [0.717, 1.165) is 37.7 Å². The Bertz CT molecular complexity index is 2420. The second-order valence-corrected chi connectivity index (χ2v) is 20.2. The summed E-state index contributed by atoms with van der Waals surface area (Å²) in [4.78, 5) is 92.1. The number of benzene rings is 1. The molecule has 0 saturated heterocycles. The standard InChI is InChI=1S/C51H79N13O13/c1-50-40(54-29-35(65)26-51(50,27-36(66)30-61(2)3)28-37(67)31-63(6)23-24-64(50)32-43(71)72)25-33-13-15-34(16-14-33)55-47-58-46(59-48(60-47)62(4)5)53-22-12-10-8-7-9-11-21-52-41(68)19-17-38(44(73)74)56-49(77)57-39(45(75)76)18-20-42(69)70/h13-16,26-28,38-40,54,65-67H,7-12,17-25,29-32H2,1-6H3,(H,52,68)(H,69,70)(H,71,72)(H,73,74)(H,75,76)(H2,56,57,77)(H2,53,55,58,59,60)/b36-27+,37-28+/t38-,39-,40?,50?,51+/m0/s1. The number of likely N-dealkylation sites (N-methyl/N-ethyl adjacent to an activating group) is 2. The van der Waals surface area contributed by atoms with Crippen molar-refractivity contribution in [3.63, 3.8) is 0 Å². The van der Waals surface area contributed by atoms with Gasteiger partial charge in [-0.1, -0.05) is 37.8 Å².